The number of hydrogen-bond acceptors (Lipinski definition) is 12. The molecule has 0 unspecified atom stereocenters. The van der Waals surface area contributed by atoms with Crippen LogP contribution in [0.5, 0.6) is 11.5 Å². The zero-order valence-corrected chi connectivity index (χ0v) is 26.0. The van der Waals surface area contributed by atoms with Crippen molar-refractivity contribution in [3.8, 4) is 11.5 Å². The van der Waals surface area contributed by atoms with Crippen LogP contribution in [0.3, 0.4) is 0 Å². The average molecular weight is 639 g/mol. The highest BCUT2D eigenvalue weighted by atomic mass is 35.5. The quantitative estimate of drug-likeness (QED) is 0.275. The van der Waals surface area contributed by atoms with Crippen molar-refractivity contribution in [1.82, 2.24) is 0 Å². The standard InChI is InChI=1S/C31H39ClO12/c1-31(2,3)44-25(35)10-9-19(34)12-17-7-6-8-18(11-17)16-41-23-14-22(39-4)20(13-21(23)32)29(38)43-28-27(37)26(36)24(15-33)42-30(28)40-5/h6-8,11,13-14,24,26-28,30,33,36-37H,9-10,12,15-16H2,1-5H3/t24-,26-,27+,28-,30+/m1/s1. The summed E-state index contributed by atoms with van der Waals surface area (Å²) in [5.74, 6) is -1.20. The van der Waals surface area contributed by atoms with E-state index < -0.39 is 54.9 Å². The molecule has 1 aliphatic rings. The van der Waals surface area contributed by atoms with E-state index in [1.54, 1.807) is 32.9 Å². The molecule has 3 N–H and O–H groups in total. The molecule has 2 aromatic carbocycles. The lowest BCUT2D eigenvalue weighted by Gasteiger charge is -2.40. The van der Waals surface area contributed by atoms with Gasteiger partial charge in [-0.1, -0.05) is 35.9 Å². The molecule has 1 saturated heterocycles. The lowest BCUT2D eigenvalue weighted by Crippen LogP contribution is -2.60. The van der Waals surface area contributed by atoms with E-state index in [1.165, 1.54) is 26.4 Å². The summed E-state index contributed by atoms with van der Waals surface area (Å²) in [6.45, 7) is 4.81. The first-order valence-electron chi connectivity index (χ1n) is 13.9. The van der Waals surface area contributed by atoms with Gasteiger partial charge in [0.1, 0.15) is 53.4 Å². The SMILES string of the molecule is COc1cc(OCc2cccc(CC(=O)CCC(=O)OC(C)(C)C)c2)c(Cl)cc1C(=O)O[C@H]1[C@@H](OC)O[C@H](CO)[C@@H](O)[C@@H]1O. The molecule has 5 atom stereocenters. The number of Topliss-reactive ketones (excluding diaryl/α,β-unsaturated/α-hetero) is 1. The van der Waals surface area contributed by atoms with Crippen molar-refractivity contribution in [1.29, 1.82) is 0 Å². The molecule has 1 fully saturated rings. The second-order valence-electron chi connectivity index (χ2n) is 11.2. The fourth-order valence-electron chi connectivity index (χ4n) is 4.47. The predicted molar refractivity (Wildman–Crippen MR) is 157 cm³/mol. The van der Waals surface area contributed by atoms with E-state index in [9.17, 15) is 29.7 Å². The van der Waals surface area contributed by atoms with Crippen molar-refractivity contribution in [2.45, 2.75) is 82.9 Å². The van der Waals surface area contributed by atoms with Crippen LogP contribution in [0.1, 0.15) is 55.1 Å². The van der Waals surface area contributed by atoms with Gasteiger partial charge < -0.3 is 43.7 Å². The van der Waals surface area contributed by atoms with Gasteiger partial charge in [0.2, 0.25) is 0 Å². The average Bonchev–Trinajstić information content (AvgIpc) is 2.97. The number of halogens is 1. The van der Waals surface area contributed by atoms with Crippen LogP contribution in [0.4, 0.5) is 0 Å². The molecular formula is C31H39ClO12. The Bertz CT molecular complexity index is 1310. The van der Waals surface area contributed by atoms with Crippen LogP contribution in [0.25, 0.3) is 0 Å². The van der Waals surface area contributed by atoms with Crippen molar-refractivity contribution in [3.63, 3.8) is 0 Å². The summed E-state index contributed by atoms with van der Waals surface area (Å²) in [5.41, 5.74) is 0.804. The minimum Gasteiger partial charge on any atom is -0.496 e. The number of aliphatic hydroxyl groups is 3. The number of carbonyl (C=O) groups is 3. The number of aliphatic hydroxyl groups excluding tert-OH is 3. The summed E-state index contributed by atoms with van der Waals surface area (Å²) in [6.07, 6.45) is -6.70. The molecular weight excluding hydrogens is 600 g/mol. The van der Waals surface area contributed by atoms with E-state index in [2.05, 4.69) is 0 Å². The molecule has 1 heterocycles. The van der Waals surface area contributed by atoms with E-state index in [0.29, 0.717) is 0 Å². The van der Waals surface area contributed by atoms with Crippen LogP contribution in [-0.4, -0.2) is 90.2 Å². The third kappa shape index (κ3) is 9.62. The highest BCUT2D eigenvalue weighted by molar-refractivity contribution is 6.32. The maximum atomic E-state index is 13.1. The molecule has 0 amide bonds. The Morgan fingerprint density at radius 3 is 2.32 bits per heavy atom. The number of rotatable bonds is 13. The van der Waals surface area contributed by atoms with E-state index in [-0.39, 0.29) is 53.7 Å². The topological polar surface area (TPSA) is 167 Å². The summed E-state index contributed by atoms with van der Waals surface area (Å²) >= 11 is 6.42. The van der Waals surface area contributed by atoms with Crippen molar-refractivity contribution in [2.24, 2.45) is 0 Å². The number of carbonyl (C=O) groups excluding carboxylic acids is 3. The molecule has 44 heavy (non-hydrogen) atoms. The van der Waals surface area contributed by atoms with Crippen LogP contribution in [-0.2, 0) is 41.6 Å². The van der Waals surface area contributed by atoms with E-state index in [4.69, 9.17) is 40.0 Å². The summed E-state index contributed by atoms with van der Waals surface area (Å²) in [4.78, 5) is 37.4. The fraction of sp³-hybridized carbons (Fsp3) is 0.516. The Morgan fingerprint density at radius 1 is 0.977 bits per heavy atom. The molecule has 12 nitrogen and oxygen atoms in total. The molecule has 0 radical (unpaired) electrons. The van der Waals surface area contributed by atoms with Crippen molar-refractivity contribution < 1.29 is 58.1 Å². The summed E-state index contributed by atoms with van der Waals surface area (Å²) < 4.78 is 32.4. The van der Waals surface area contributed by atoms with Crippen LogP contribution in [0, 0.1) is 0 Å². The van der Waals surface area contributed by atoms with Crippen molar-refractivity contribution >= 4 is 29.3 Å². The fourth-order valence-corrected chi connectivity index (χ4v) is 4.69. The largest absolute Gasteiger partial charge is 0.496 e. The molecule has 2 aromatic rings. The molecule has 0 bridgehead atoms. The molecule has 13 heteroatoms. The molecule has 0 spiro atoms. The van der Waals surface area contributed by atoms with Crippen LogP contribution >= 0.6 is 11.6 Å². The highest BCUT2D eigenvalue weighted by Crippen LogP contribution is 2.35. The molecule has 0 aromatic heterocycles. The number of methoxy groups -OCH3 is 2. The third-order valence-electron chi connectivity index (χ3n) is 6.59. The summed E-state index contributed by atoms with van der Waals surface area (Å²) in [6, 6.07) is 9.89. The first-order chi connectivity index (χ1) is 20.8. The normalized spacial score (nSPS) is 21.8. The second-order valence-corrected chi connectivity index (χ2v) is 11.6. The summed E-state index contributed by atoms with van der Waals surface area (Å²) in [7, 11) is 2.59. The number of ether oxygens (including phenoxy) is 6. The van der Waals surface area contributed by atoms with E-state index in [1.807, 2.05) is 12.1 Å². The van der Waals surface area contributed by atoms with Gasteiger partial charge in [0.15, 0.2) is 12.4 Å². The minimum absolute atomic E-state index is 0.0108. The molecule has 1 aliphatic heterocycles. The van der Waals surface area contributed by atoms with Gasteiger partial charge in [0, 0.05) is 26.0 Å². The summed E-state index contributed by atoms with van der Waals surface area (Å²) in [5, 5.41) is 30.1. The van der Waals surface area contributed by atoms with Gasteiger partial charge in [-0.05, 0) is 38.0 Å². The Kier molecular flexibility index (Phi) is 12.5. The molecule has 242 valence electrons. The zero-order chi connectivity index (χ0) is 32.6. The van der Waals surface area contributed by atoms with Gasteiger partial charge in [0.05, 0.1) is 25.2 Å². The highest BCUT2D eigenvalue weighted by Gasteiger charge is 2.47. The van der Waals surface area contributed by atoms with Crippen molar-refractivity contribution in [2.75, 3.05) is 20.8 Å². The smallest absolute Gasteiger partial charge is 0.342 e. The maximum Gasteiger partial charge on any atom is 0.342 e. The second kappa shape index (κ2) is 15.6. The third-order valence-corrected chi connectivity index (χ3v) is 6.88. The van der Waals surface area contributed by atoms with E-state index >= 15 is 0 Å². The Labute approximate surface area is 260 Å². The Balaban J connectivity index is 1.64. The van der Waals surface area contributed by atoms with Crippen molar-refractivity contribution in [3.05, 3.63) is 58.1 Å². The van der Waals surface area contributed by atoms with Crippen LogP contribution < -0.4 is 9.47 Å². The predicted octanol–water partition coefficient (Wildman–Crippen LogP) is 2.77. The van der Waals surface area contributed by atoms with Gasteiger partial charge in [-0.2, -0.15) is 0 Å². The van der Waals surface area contributed by atoms with Gasteiger partial charge in [-0.15, -0.1) is 0 Å². The number of benzene rings is 2. The van der Waals surface area contributed by atoms with E-state index in [0.717, 1.165) is 11.1 Å². The van der Waals surface area contributed by atoms with Gasteiger partial charge in [-0.25, -0.2) is 4.79 Å². The maximum absolute atomic E-state index is 13.1. The van der Waals surface area contributed by atoms with Gasteiger partial charge in [0.25, 0.3) is 0 Å². The first-order valence-corrected chi connectivity index (χ1v) is 14.3. The monoisotopic (exact) mass is 638 g/mol. The zero-order valence-electron chi connectivity index (χ0n) is 25.3. The molecule has 0 aliphatic carbocycles. The first kappa shape index (κ1) is 35.2. The Hall–Kier alpha value is -3.26. The van der Waals surface area contributed by atoms with Crippen LogP contribution in [0.15, 0.2) is 36.4 Å². The van der Waals surface area contributed by atoms with Crippen LogP contribution in [0.2, 0.25) is 5.02 Å². The Morgan fingerprint density at radius 2 is 1.68 bits per heavy atom. The number of hydrogen-bond donors (Lipinski definition) is 3. The lowest BCUT2D eigenvalue weighted by atomic mass is 9.99. The molecule has 3 rings (SSSR count). The number of ketones is 1. The van der Waals surface area contributed by atoms with Gasteiger partial charge in [-0.3, -0.25) is 9.59 Å². The van der Waals surface area contributed by atoms with Gasteiger partial charge >= 0.3 is 11.9 Å². The lowest BCUT2D eigenvalue weighted by molar-refractivity contribution is -0.293. The minimum atomic E-state index is -1.60. The molecule has 0 saturated carbocycles. The number of esters is 2.